The number of anilines is 2. The minimum atomic E-state index is -0.280. The highest BCUT2D eigenvalue weighted by Crippen LogP contribution is 2.24. The minimum Gasteiger partial charge on any atom is -0.372 e. The third kappa shape index (κ3) is 4.50. The first kappa shape index (κ1) is 17.7. The predicted molar refractivity (Wildman–Crippen MR) is 99.9 cm³/mol. The number of nitrogens with zero attached hydrogens (tertiary/aromatic N) is 5. The van der Waals surface area contributed by atoms with E-state index in [-0.39, 0.29) is 11.2 Å². The van der Waals surface area contributed by atoms with Gasteiger partial charge in [0.25, 0.3) is 0 Å². The molecular formula is C17H24N6OS. The van der Waals surface area contributed by atoms with Gasteiger partial charge in [0.05, 0.1) is 5.25 Å². The van der Waals surface area contributed by atoms with Crippen molar-refractivity contribution in [2.24, 2.45) is 0 Å². The number of amides is 1. The molecular weight excluding hydrogens is 336 g/mol. The number of benzene rings is 1. The number of tetrazole rings is 1. The van der Waals surface area contributed by atoms with E-state index in [4.69, 9.17) is 0 Å². The summed E-state index contributed by atoms with van der Waals surface area (Å²) in [6.45, 7) is 6.74. The number of hydrogen-bond acceptors (Lipinski definition) is 6. The van der Waals surface area contributed by atoms with Gasteiger partial charge in [-0.15, -0.1) is 5.10 Å². The van der Waals surface area contributed by atoms with E-state index in [1.54, 1.807) is 4.68 Å². The zero-order chi connectivity index (χ0) is 17.6. The van der Waals surface area contributed by atoms with Gasteiger partial charge in [0.1, 0.15) is 0 Å². The Morgan fingerprint density at radius 1 is 1.24 bits per heavy atom. The minimum absolute atomic E-state index is 0.0543. The summed E-state index contributed by atoms with van der Waals surface area (Å²) < 4.78 is 1.68. The summed E-state index contributed by atoms with van der Waals surface area (Å²) in [5.74, 6) is -0.0543. The quantitative estimate of drug-likeness (QED) is 0.799. The Balaban J connectivity index is 1.56. The lowest BCUT2D eigenvalue weighted by Crippen LogP contribution is -2.29. The first-order valence-electron chi connectivity index (χ1n) is 8.76. The summed E-state index contributed by atoms with van der Waals surface area (Å²) >= 11 is 1.36. The van der Waals surface area contributed by atoms with Crippen molar-refractivity contribution in [3.05, 3.63) is 24.3 Å². The van der Waals surface area contributed by atoms with Crippen LogP contribution >= 0.6 is 11.8 Å². The highest BCUT2D eigenvalue weighted by atomic mass is 32.2. The van der Waals surface area contributed by atoms with Crippen molar-refractivity contribution < 1.29 is 4.79 Å². The number of rotatable bonds is 6. The Morgan fingerprint density at radius 2 is 1.96 bits per heavy atom. The van der Waals surface area contributed by atoms with Crippen molar-refractivity contribution in [2.75, 3.05) is 23.3 Å². The number of nitrogens with one attached hydrogen (secondary N) is 1. The third-order valence-corrected chi connectivity index (χ3v) is 5.38. The molecule has 0 spiro atoms. The molecule has 0 bridgehead atoms. The molecule has 2 aromatic rings. The van der Waals surface area contributed by atoms with Gasteiger partial charge >= 0.3 is 0 Å². The molecule has 1 amide bonds. The van der Waals surface area contributed by atoms with Crippen molar-refractivity contribution in [3.63, 3.8) is 0 Å². The summed E-state index contributed by atoms with van der Waals surface area (Å²) in [7, 11) is 0. The second kappa shape index (κ2) is 8.33. The van der Waals surface area contributed by atoms with E-state index < -0.39 is 0 Å². The molecule has 0 radical (unpaired) electrons. The molecule has 25 heavy (non-hydrogen) atoms. The standard InChI is InChI=1S/C17H24N6OS/c1-3-23-17(19-20-21-23)25-13(2)16(24)18-14-7-9-15(10-8-14)22-11-5-4-6-12-22/h7-10,13H,3-6,11-12H2,1-2H3,(H,18,24)/t13-/m1/s1. The van der Waals surface area contributed by atoms with Crippen molar-refractivity contribution in [1.82, 2.24) is 20.2 Å². The highest BCUT2D eigenvalue weighted by molar-refractivity contribution is 8.00. The first-order chi connectivity index (χ1) is 12.2. The molecule has 1 aliphatic rings. The molecule has 1 aromatic heterocycles. The van der Waals surface area contributed by atoms with E-state index in [0.29, 0.717) is 11.7 Å². The van der Waals surface area contributed by atoms with Gasteiger partial charge in [-0.1, -0.05) is 11.8 Å². The number of aromatic nitrogens is 4. The Kier molecular flexibility index (Phi) is 5.91. The molecule has 0 saturated carbocycles. The van der Waals surface area contributed by atoms with Crippen molar-refractivity contribution in [3.8, 4) is 0 Å². The molecule has 1 saturated heterocycles. The van der Waals surface area contributed by atoms with Crippen LogP contribution in [-0.2, 0) is 11.3 Å². The van der Waals surface area contributed by atoms with Gasteiger partial charge in [0.15, 0.2) is 0 Å². The largest absolute Gasteiger partial charge is 0.372 e. The zero-order valence-corrected chi connectivity index (χ0v) is 15.5. The maximum Gasteiger partial charge on any atom is 0.237 e. The Labute approximate surface area is 152 Å². The summed E-state index contributed by atoms with van der Waals surface area (Å²) in [5.41, 5.74) is 2.04. The number of hydrogen-bond donors (Lipinski definition) is 1. The lowest BCUT2D eigenvalue weighted by Gasteiger charge is -2.28. The molecule has 7 nitrogen and oxygen atoms in total. The van der Waals surface area contributed by atoms with Crippen LogP contribution in [0.3, 0.4) is 0 Å². The third-order valence-electron chi connectivity index (χ3n) is 4.31. The lowest BCUT2D eigenvalue weighted by molar-refractivity contribution is -0.115. The monoisotopic (exact) mass is 360 g/mol. The Morgan fingerprint density at radius 3 is 2.64 bits per heavy atom. The second-order valence-corrected chi connectivity index (χ2v) is 7.43. The molecule has 1 atom stereocenters. The van der Waals surface area contributed by atoms with Gasteiger partial charge in [-0.2, -0.15) is 0 Å². The van der Waals surface area contributed by atoms with Gasteiger partial charge in [0.2, 0.25) is 11.1 Å². The number of carbonyl (C=O) groups excluding carboxylic acids is 1. The average molecular weight is 360 g/mol. The maximum atomic E-state index is 12.4. The summed E-state index contributed by atoms with van der Waals surface area (Å²) in [5, 5.41) is 14.8. The molecule has 2 heterocycles. The molecule has 8 heteroatoms. The number of piperidine rings is 1. The summed E-state index contributed by atoms with van der Waals surface area (Å²) in [4.78, 5) is 14.8. The number of aryl methyl sites for hydroxylation is 1. The van der Waals surface area contributed by atoms with Gasteiger partial charge in [0, 0.05) is 31.0 Å². The van der Waals surface area contributed by atoms with Crippen LogP contribution in [0.25, 0.3) is 0 Å². The van der Waals surface area contributed by atoms with Crippen molar-refractivity contribution in [1.29, 1.82) is 0 Å². The molecule has 1 aliphatic heterocycles. The average Bonchev–Trinajstić information content (AvgIpc) is 3.10. The van der Waals surface area contributed by atoms with E-state index in [9.17, 15) is 4.79 Å². The van der Waals surface area contributed by atoms with E-state index in [1.165, 1.54) is 36.7 Å². The topological polar surface area (TPSA) is 75.9 Å². The number of thioether (sulfide) groups is 1. The lowest BCUT2D eigenvalue weighted by atomic mass is 10.1. The van der Waals surface area contributed by atoms with Crippen LogP contribution in [0.5, 0.6) is 0 Å². The van der Waals surface area contributed by atoms with Crippen LogP contribution in [0.4, 0.5) is 11.4 Å². The van der Waals surface area contributed by atoms with Crippen LogP contribution in [0, 0.1) is 0 Å². The molecule has 1 N–H and O–H groups in total. The Hall–Kier alpha value is -2.09. The van der Waals surface area contributed by atoms with E-state index in [1.807, 2.05) is 26.0 Å². The van der Waals surface area contributed by atoms with Gasteiger partial charge in [-0.3, -0.25) is 4.79 Å². The predicted octanol–water partition coefficient (Wildman–Crippen LogP) is 2.80. The van der Waals surface area contributed by atoms with Gasteiger partial charge in [-0.05, 0) is 67.8 Å². The maximum absolute atomic E-state index is 12.4. The fourth-order valence-electron chi connectivity index (χ4n) is 2.84. The molecule has 0 aliphatic carbocycles. The van der Waals surface area contributed by atoms with Gasteiger partial charge in [-0.25, -0.2) is 4.68 Å². The molecule has 1 aromatic carbocycles. The van der Waals surface area contributed by atoms with Crippen LogP contribution in [0.1, 0.15) is 33.1 Å². The van der Waals surface area contributed by atoms with Crippen LogP contribution in [0.15, 0.2) is 29.4 Å². The molecule has 3 rings (SSSR count). The molecule has 1 fully saturated rings. The van der Waals surface area contributed by atoms with Crippen molar-refractivity contribution in [2.45, 2.75) is 50.1 Å². The fraction of sp³-hybridized carbons (Fsp3) is 0.529. The van der Waals surface area contributed by atoms with Crippen LogP contribution < -0.4 is 10.2 Å². The first-order valence-corrected chi connectivity index (χ1v) is 9.64. The van der Waals surface area contributed by atoms with Crippen LogP contribution in [0.2, 0.25) is 0 Å². The van der Waals surface area contributed by atoms with E-state index >= 15 is 0 Å². The molecule has 134 valence electrons. The smallest absolute Gasteiger partial charge is 0.237 e. The SMILES string of the molecule is CCn1nnnc1S[C@H](C)C(=O)Nc1ccc(N2CCCCC2)cc1. The Bertz CT molecular complexity index is 695. The highest BCUT2D eigenvalue weighted by Gasteiger charge is 2.18. The van der Waals surface area contributed by atoms with E-state index in [2.05, 4.69) is 37.9 Å². The van der Waals surface area contributed by atoms with E-state index in [0.717, 1.165) is 18.8 Å². The molecule has 0 unspecified atom stereocenters. The number of carbonyl (C=O) groups is 1. The van der Waals surface area contributed by atoms with Crippen molar-refractivity contribution >= 4 is 29.0 Å². The summed E-state index contributed by atoms with van der Waals surface area (Å²) in [6.07, 6.45) is 3.83. The fourth-order valence-corrected chi connectivity index (χ4v) is 3.70. The van der Waals surface area contributed by atoms with Crippen LogP contribution in [-0.4, -0.2) is 44.5 Å². The van der Waals surface area contributed by atoms with Gasteiger partial charge < -0.3 is 10.2 Å². The normalized spacial score (nSPS) is 15.8. The zero-order valence-electron chi connectivity index (χ0n) is 14.7. The summed E-state index contributed by atoms with van der Waals surface area (Å²) in [6, 6.07) is 8.09. The second-order valence-electron chi connectivity index (χ2n) is 6.12.